The van der Waals surface area contributed by atoms with Gasteiger partial charge in [-0.15, -0.1) is 0 Å². The van der Waals surface area contributed by atoms with Crippen LogP contribution in [0.15, 0.2) is 17.7 Å². The van der Waals surface area contributed by atoms with E-state index < -0.39 is 17.7 Å². The first-order valence-corrected chi connectivity index (χ1v) is 6.29. The topological polar surface area (TPSA) is 82.1 Å². The number of esters is 2. The number of phenols is 1. The molecule has 1 aromatic carbocycles. The predicted molar refractivity (Wildman–Crippen MR) is 73.6 cm³/mol. The van der Waals surface area contributed by atoms with E-state index in [2.05, 4.69) is 0 Å². The Morgan fingerprint density at radius 3 is 2.29 bits per heavy atom. The second-order valence-corrected chi connectivity index (χ2v) is 5.12. The van der Waals surface area contributed by atoms with Crippen molar-refractivity contribution in [3.05, 3.63) is 28.8 Å². The number of phenolic OH excluding ortho intramolecular Hbond substituents is 1. The number of hydrogen-bond acceptors (Lipinski definition) is 6. The molecule has 0 amide bonds. The van der Waals surface area contributed by atoms with Crippen LogP contribution in [0.2, 0.25) is 0 Å². The Kier molecular flexibility index (Phi) is 3.63. The van der Waals surface area contributed by atoms with Crippen molar-refractivity contribution < 1.29 is 28.9 Å². The van der Waals surface area contributed by atoms with Gasteiger partial charge in [-0.1, -0.05) is 0 Å². The first-order valence-electron chi connectivity index (χ1n) is 6.29. The number of rotatable bonds is 2. The smallest absolute Gasteiger partial charge is 0.348 e. The van der Waals surface area contributed by atoms with Crippen LogP contribution in [0, 0.1) is 6.92 Å². The number of methoxy groups -OCH3 is 1. The van der Waals surface area contributed by atoms with E-state index in [4.69, 9.17) is 14.2 Å². The van der Waals surface area contributed by atoms with Gasteiger partial charge < -0.3 is 19.3 Å². The molecular formula is C15H16O6. The summed E-state index contributed by atoms with van der Waals surface area (Å²) in [6, 6.07) is 3.15. The van der Waals surface area contributed by atoms with Gasteiger partial charge in [-0.3, -0.25) is 0 Å². The number of hydrogen-bond donors (Lipinski definition) is 1. The molecule has 0 aromatic heterocycles. The van der Waals surface area contributed by atoms with Gasteiger partial charge in [0.05, 0.1) is 7.11 Å². The van der Waals surface area contributed by atoms with Crippen molar-refractivity contribution >= 4 is 18.0 Å². The van der Waals surface area contributed by atoms with Gasteiger partial charge in [0.15, 0.2) is 0 Å². The van der Waals surface area contributed by atoms with Gasteiger partial charge in [-0.25, -0.2) is 9.59 Å². The molecule has 112 valence electrons. The molecule has 1 saturated heterocycles. The lowest BCUT2D eigenvalue weighted by atomic mass is 10.1. The fraction of sp³-hybridized carbons (Fsp3) is 0.333. The maximum Gasteiger partial charge on any atom is 0.348 e. The third-order valence-corrected chi connectivity index (χ3v) is 2.96. The average Bonchev–Trinajstić information content (AvgIpc) is 2.37. The Morgan fingerprint density at radius 1 is 1.19 bits per heavy atom. The summed E-state index contributed by atoms with van der Waals surface area (Å²) in [6.45, 7) is 4.61. The van der Waals surface area contributed by atoms with Crippen molar-refractivity contribution in [2.75, 3.05) is 7.11 Å². The Bertz CT molecular complexity index is 620. The highest BCUT2D eigenvalue weighted by Crippen LogP contribution is 2.31. The monoisotopic (exact) mass is 292 g/mol. The maximum atomic E-state index is 11.9. The highest BCUT2D eigenvalue weighted by Gasteiger charge is 2.39. The minimum absolute atomic E-state index is 0.0475. The van der Waals surface area contributed by atoms with Crippen molar-refractivity contribution in [3.63, 3.8) is 0 Å². The molecule has 0 radical (unpaired) electrons. The van der Waals surface area contributed by atoms with Crippen LogP contribution in [0.3, 0.4) is 0 Å². The van der Waals surface area contributed by atoms with E-state index in [-0.39, 0.29) is 16.9 Å². The molecule has 1 aliphatic heterocycles. The summed E-state index contributed by atoms with van der Waals surface area (Å²) in [7, 11) is 1.48. The Labute approximate surface area is 121 Å². The highest BCUT2D eigenvalue weighted by molar-refractivity contribution is 6.19. The molecule has 2 rings (SSSR count). The SMILES string of the molecule is COc1cc(C)c(O)c(C=C2C(=O)OC(C)(C)OC2=O)c1. The molecule has 0 spiro atoms. The Balaban J connectivity index is 2.47. The lowest BCUT2D eigenvalue weighted by Gasteiger charge is -2.29. The van der Waals surface area contributed by atoms with Crippen LogP contribution in [0.5, 0.6) is 11.5 Å². The number of ether oxygens (including phenoxy) is 3. The van der Waals surface area contributed by atoms with Crippen LogP contribution < -0.4 is 4.74 Å². The van der Waals surface area contributed by atoms with Crippen LogP contribution in [0.4, 0.5) is 0 Å². The quantitative estimate of drug-likeness (QED) is 0.509. The number of benzene rings is 1. The second kappa shape index (κ2) is 5.12. The van der Waals surface area contributed by atoms with Crippen molar-refractivity contribution in [1.82, 2.24) is 0 Å². The molecule has 0 aliphatic carbocycles. The van der Waals surface area contributed by atoms with Crippen molar-refractivity contribution in [3.8, 4) is 11.5 Å². The fourth-order valence-electron chi connectivity index (χ4n) is 1.93. The molecule has 0 atom stereocenters. The Morgan fingerprint density at radius 2 is 1.76 bits per heavy atom. The molecule has 6 heteroatoms. The van der Waals surface area contributed by atoms with E-state index in [0.717, 1.165) is 0 Å². The van der Waals surface area contributed by atoms with Gasteiger partial charge >= 0.3 is 11.9 Å². The fourth-order valence-corrected chi connectivity index (χ4v) is 1.93. The number of aromatic hydroxyl groups is 1. The molecule has 1 N–H and O–H groups in total. The number of aryl methyl sites for hydroxylation is 1. The first-order chi connectivity index (χ1) is 9.73. The zero-order chi connectivity index (χ0) is 15.8. The maximum absolute atomic E-state index is 11.9. The van der Waals surface area contributed by atoms with Gasteiger partial charge in [0.2, 0.25) is 0 Å². The summed E-state index contributed by atoms with van der Waals surface area (Å²) in [4.78, 5) is 23.7. The first kappa shape index (κ1) is 14.9. The van der Waals surface area contributed by atoms with E-state index in [1.807, 2.05) is 0 Å². The Hall–Kier alpha value is -2.50. The van der Waals surface area contributed by atoms with Crippen LogP contribution >= 0.6 is 0 Å². The zero-order valence-electron chi connectivity index (χ0n) is 12.2. The van der Waals surface area contributed by atoms with Crippen LogP contribution in [0.1, 0.15) is 25.0 Å². The second-order valence-electron chi connectivity index (χ2n) is 5.12. The summed E-state index contributed by atoms with van der Waals surface area (Å²) in [5.41, 5.74) is 0.548. The van der Waals surface area contributed by atoms with E-state index in [9.17, 15) is 14.7 Å². The summed E-state index contributed by atoms with van der Waals surface area (Å²) >= 11 is 0. The van der Waals surface area contributed by atoms with Crippen LogP contribution in [0.25, 0.3) is 6.08 Å². The van der Waals surface area contributed by atoms with E-state index >= 15 is 0 Å². The van der Waals surface area contributed by atoms with Gasteiger partial charge in [0.25, 0.3) is 5.79 Å². The number of carbonyl (C=O) groups excluding carboxylic acids is 2. The highest BCUT2D eigenvalue weighted by atomic mass is 16.7. The van der Waals surface area contributed by atoms with Gasteiger partial charge in [0.1, 0.15) is 17.1 Å². The molecule has 1 fully saturated rings. The van der Waals surface area contributed by atoms with Crippen molar-refractivity contribution in [1.29, 1.82) is 0 Å². The molecule has 6 nitrogen and oxygen atoms in total. The summed E-state index contributed by atoms with van der Waals surface area (Å²) < 4.78 is 15.1. The van der Waals surface area contributed by atoms with Gasteiger partial charge in [0, 0.05) is 19.4 Å². The lowest BCUT2D eigenvalue weighted by molar-refractivity contribution is -0.222. The predicted octanol–water partition coefficient (Wildman–Crippen LogP) is 1.93. The van der Waals surface area contributed by atoms with Gasteiger partial charge in [-0.05, 0) is 30.7 Å². The summed E-state index contributed by atoms with van der Waals surface area (Å²) in [5.74, 6) is -2.44. The molecular weight excluding hydrogens is 276 g/mol. The number of cyclic esters (lactones) is 2. The van der Waals surface area contributed by atoms with E-state index in [1.54, 1.807) is 13.0 Å². The molecule has 1 aliphatic rings. The van der Waals surface area contributed by atoms with E-state index in [0.29, 0.717) is 11.3 Å². The molecule has 0 unspecified atom stereocenters. The standard InChI is InChI=1S/C15H16O6/c1-8-5-10(19-4)6-9(12(8)16)7-11-13(17)20-15(2,3)21-14(11)18/h5-7,16H,1-4H3. The summed E-state index contributed by atoms with van der Waals surface area (Å²) in [6.07, 6.45) is 1.23. The average molecular weight is 292 g/mol. The molecule has 21 heavy (non-hydrogen) atoms. The minimum atomic E-state index is -1.29. The molecule has 0 saturated carbocycles. The lowest BCUT2D eigenvalue weighted by Crippen LogP contribution is -2.41. The zero-order valence-corrected chi connectivity index (χ0v) is 12.2. The third-order valence-electron chi connectivity index (χ3n) is 2.96. The van der Waals surface area contributed by atoms with Crippen LogP contribution in [-0.4, -0.2) is 29.9 Å². The largest absolute Gasteiger partial charge is 0.507 e. The van der Waals surface area contributed by atoms with E-state index in [1.165, 1.54) is 33.1 Å². The minimum Gasteiger partial charge on any atom is -0.507 e. The van der Waals surface area contributed by atoms with Crippen molar-refractivity contribution in [2.45, 2.75) is 26.6 Å². The van der Waals surface area contributed by atoms with Crippen LogP contribution in [-0.2, 0) is 19.1 Å². The third kappa shape index (κ3) is 2.99. The molecule has 1 heterocycles. The normalized spacial score (nSPS) is 17.0. The van der Waals surface area contributed by atoms with Gasteiger partial charge in [-0.2, -0.15) is 0 Å². The number of carbonyl (C=O) groups is 2. The van der Waals surface area contributed by atoms with Crippen molar-refractivity contribution in [2.24, 2.45) is 0 Å². The molecule has 0 bridgehead atoms. The molecule has 1 aromatic rings. The summed E-state index contributed by atoms with van der Waals surface area (Å²) in [5, 5.41) is 10.0.